The molecule has 1 unspecified atom stereocenters. The molecule has 1 fully saturated rings. The van der Waals surface area contributed by atoms with Gasteiger partial charge in [0.1, 0.15) is 5.56 Å². The second-order valence-corrected chi connectivity index (χ2v) is 8.19. The van der Waals surface area contributed by atoms with E-state index in [0.717, 1.165) is 48.0 Å². The van der Waals surface area contributed by atoms with Gasteiger partial charge < -0.3 is 14.8 Å². The van der Waals surface area contributed by atoms with Crippen molar-refractivity contribution in [2.75, 3.05) is 20.1 Å². The van der Waals surface area contributed by atoms with Crippen LogP contribution in [0.3, 0.4) is 0 Å². The van der Waals surface area contributed by atoms with Gasteiger partial charge in [0, 0.05) is 37.9 Å². The first-order chi connectivity index (χ1) is 14.5. The van der Waals surface area contributed by atoms with E-state index in [9.17, 15) is 9.59 Å². The van der Waals surface area contributed by atoms with Crippen LogP contribution in [0.25, 0.3) is 10.9 Å². The van der Waals surface area contributed by atoms with Gasteiger partial charge in [-0.2, -0.15) is 0 Å². The summed E-state index contributed by atoms with van der Waals surface area (Å²) in [6.45, 7) is 4.85. The van der Waals surface area contributed by atoms with E-state index in [0.29, 0.717) is 19.0 Å². The minimum absolute atomic E-state index is 0. The van der Waals surface area contributed by atoms with Crippen LogP contribution in [0.5, 0.6) is 0 Å². The number of fused-ring (bicyclic) bond motifs is 1. The van der Waals surface area contributed by atoms with Gasteiger partial charge in [-0.05, 0) is 68.1 Å². The van der Waals surface area contributed by atoms with Crippen LogP contribution in [0.15, 0.2) is 53.6 Å². The fraction of sp³-hybridized carbons (Fsp3) is 0.375. The number of benzene rings is 1. The number of pyridine rings is 2. The maximum Gasteiger partial charge on any atom is 0.263 e. The Balaban J connectivity index is 0.00000181. The molecule has 0 saturated carbocycles. The highest BCUT2D eigenvalue weighted by molar-refractivity contribution is 5.95. The Bertz CT molecular complexity index is 1120. The summed E-state index contributed by atoms with van der Waals surface area (Å²) < 4.78 is 1.70. The molecule has 0 radical (unpaired) electrons. The summed E-state index contributed by atoms with van der Waals surface area (Å²) in [5.41, 5.74) is 2.70. The fourth-order valence-electron chi connectivity index (χ4n) is 4.25. The van der Waals surface area contributed by atoms with E-state index in [1.165, 1.54) is 0 Å². The van der Waals surface area contributed by atoms with Gasteiger partial charge in [0.25, 0.3) is 11.5 Å². The number of halogens is 2. The predicted octanol–water partition coefficient (Wildman–Crippen LogP) is 3.82. The van der Waals surface area contributed by atoms with Gasteiger partial charge in [-0.15, -0.1) is 24.8 Å². The molecule has 8 heteroatoms. The third kappa shape index (κ3) is 5.49. The Hall–Kier alpha value is -2.41. The van der Waals surface area contributed by atoms with Crippen molar-refractivity contribution in [3.05, 3.63) is 75.8 Å². The van der Waals surface area contributed by atoms with Crippen LogP contribution in [-0.2, 0) is 13.1 Å². The molecule has 1 amide bonds. The number of amides is 1. The van der Waals surface area contributed by atoms with Crippen LogP contribution < -0.4 is 10.9 Å². The number of rotatable bonds is 5. The third-order valence-electron chi connectivity index (χ3n) is 5.93. The molecule has 172 valence electrons. The maximum atomic E-state index is 13.3. The van der Waals surface area contributed by atoms with E-state index in [2.05, 4.69) is 10.3 Å². The van der Waals surface area contributed by atoms with Crippen molar-refractivity contribution in [2.24, 2.45) is 5.92 Å². The van der Waals surface area contributed by atoms with Crippen molar-refractivity contribution in [2.45, 2.75) is 32.9 Å². The van der Waals surface area contributed by atoms with Crippen molar-refractivity contribution >= 4 is 41.6 Å². The SMILES string of the molecule is Cc1ccn(CC2CCCNC2)c(=O)c1C(=O)N(C)Cc1cccc2ncccc12.Cl.Cl. The molecule has 0 spiro atoms. The summed E-state index contributed by atoms with van der Waals surface area (Å²) in [6.07, 6.45) is 5.81. The second-order valence-electron chi connectivity index (χ2n) is 8.19. The van der Waals surface area contributed by atoms with Crippen molar-refractivity contribution in [1.29, 1.82) is 0 Å². The highest BCUT2D eigenvalue weighted by atomic mass is 35.5. The van der Waals surface area contributed by atoms with Gasteiger partial charge in [0.15, 0.2) is 0 Å². The van der Waals surface area contributed by atoms with Gasteiger partial charge in [-0.3, -0.25) is 14.6 Å². The van der Waals surface area contributed by atoms with E-state index >= 15 is 0 Å². The van der Waals surface area contributed by atoms with Crippen molar-refractivity contribution in [3.63, 3.8) is 0 Å². The minimum Gasteiger partial charge on any atom is -0.337 e. The number of piperidine rings is 1. The monoisotopic (exact) mass is 476 g/mol. The first-order valence-corrected chi connectivity index (χ1v) is 10.5. The number of aromatic nitrogens is 2. The summed E-state index contributed by atoms with van der Waals surface area (Å²) in [4.78, 5) is 32.4. The van der Waals surface area contributed by atoms with Crippen molar-refractivity contribution in [3.8, 4) is 0 Å². The number of nitrogens with zero attached hydrogens (tertiary/aromatic N) is 3. The highest BCUT2D eigenvalue weighted by Crippen LogP contribution is 2.19. The molecular formula is C24H30Cl2N4O2. The molecule has 3 aromatic rings. The Morgan fingerprint density at radius 3 is 2.78 bits per heavy atom. The highest BCUT2D eigenvalue weighted by Gasteiger charge is 2.22. The largest absolute Gasteiger partial charge is 0.337 e. The average molecular weight is 477 g/mol. The van der Waals surface area contributed by atoms with E-state index < -0.39 is 0 Å². The number of carbonyl (C=O) groups is 1. The zero-order chi connectivity index (χ0) is 21.1. The van der Waals surface area contributed by atoms with Crippen molar-refractivity contribution < 1.29 is 4.79 Å². The lowest BCUT2D eigenvalue weighted by Crippen LogP contribution is -2.38. The van der Waals surface area contributed by atoms with E-state index in [1.807, 2.05) is 49.5 Å². The van der Waals surface area contributed by atoms with Crippen LogP contribution in [-0.4, -0.2) is 40.5 Å². The molecule has 32 heavy (non-hydrogen) atoms. The molecule has 1 aromatic carbocycles. The van der Waals surface area contributed by atoms with Gasteiger partial charge in [-0.1, -0.05) is 18.2 Å². The van der Waals surface area contributed by atoms with Gasteiger partial charge >= 0.3 is 0 Å². The summed E-state index contributed by atoms with van der Waals surface area (Å²) >= 11 is 0. The average Bonchev–Trinajstić information content (AvgIpc) is 2.77. The molecule has 1 aliphatic heterocycles. The smallest absolute Gasteiger partial charge is 0.263 e. The molecule has 0 bridgehead atoms. The van der Waals surface area contributed by atoms with E-state index in [1.54, 1.807) is 22.7 Å². The number of carbonyl (C=O) groups excluding carboxylic acids is 1. The standard InChI is InChI=1S/C24H28N4O2.2ClH/c1-17-10-13-28(15-18-6-4-11-25-14-18)24(30)22(17)23(29)27(2)16-19-7-3-9-21-20(19)8-5-12-26-21;;/h3,5,7-10,12-13,18,25H,4,6,11,14-16H2,1-2H3;2*1H. The maximum absolute atomic E-state index is 13.3. The van der Waals surface area contributed by atoms with Gasteiger partial charge in [0.05, 0.1) is 5.52 Å². The van der Waals surface area contributed by atoms with E-state index in [4.69, 9.17) is 0 Å². The Morgan fingerprint density at radius 2 is 2.03 bits per heavy atom. The zero-order valence-corrected chi connectivity index (χ0v) is 20.0. The first kappa shape index (κ1) is 25.8. The van der Waals surface area contributed by atoms with Gasteiger partial charge in [-0.25, -0.2) is 0 Å². The number of aryl methyl sites for hydroxylation is 1. The van der Waals surface area contributed by atoms with Crippen LogP contribution in [0.4, 0.5) is 0 Å². The van der Waals surface area contributed by atoms with Crippen LogP contribution in [0.1, 0.15) is 34.3 Å². The molecule has 1 aliphatic rings. The Kier molecular flexibility index (Phi) is 9.25. The fourth-order valence-corrected chi connectivity index (χ4v) is 4.25. The Labute approximate surface area is 200 Å². The van der Waals surface area contributed by atoms with Crippen LogP contribution in [0, 0.1) is 12.8 Å². The zero-order valence-electron chi connectivity index (χ0n) is 18.4. The lowest BCUT2D eigenvalue weighted by atomic mass is 9.99. The van der Waals surface area contributed by atoms with E-state index in [-0.39, 0.29) is 41.8 Å². The van der Waals surface area contributed by atoms with Crippen molar-refractivity contribution in [1.82, 2.24) is 19.8 Å². The molecule has 6 nitrogen and oxygen atoms in total. The summed E-state index contributed by atoms with van der Waals surface area (Å²) in [6, 6.07) is 11.7. The normalized spacial score (nSPS) is 15.5. The first-order valence-electron chi connectivity index (χ1n) is 10.5. The number of hydrogen-bond acceptors (Lipinski definition) is 4. The molecule has 1 atom stereocenters. The summed E-state index contributed by atoms with van der Waals surface area (Å²) in [7, 11) is 1.75. The van der Waals surface area contributed by atoms with Crippen LogP contribution >= 0.6 is 24.8 Å². The molecular weight excluding hydrogens is 447 g/mol. The third-order valence-corrected chi connectivity index (χ3v) is 5.93. The topological polar surface area (TPSA) is 67.2 Å². The molecule has 1 N–H and O–H groups in total. The summed E-state index contributed by atoms with van der Waals surface area (Å²) in [5, 5.41) is 4.41. The predicted molar refractivity (Wildman–Crippen MR) is 133 cm³/mol. The summed E-state index contributed by atoms with van der Waals surface area (Å²) in [5.74, 6) is 0.178. The molecule has 2 aromatic heterocycles. The minimum atomic E-state index is -0.241. The van der Waals surface area contributed by atoms with Crippen LogP contribution in [0.2, 0.25) is 0 Å². The van der Waals surface area contributed by atoms with Gasteiger partial charge in [0.2, 0.25) is 0 Å². The molecule has 3 heterocycles. The molecule has 4 rings (SSSR count). The second kappa shape index (κ2) is 11.5. The number of nitrogens with one attached hydrogen (secondary N) is 1. The quantitative estimate of drug-likeness (QED) is 0.607. The molecule has 0 aliphatic carbocycles. The number of hydrogen-bond donors (Lipinski definition) is 1. The molecule has 1 saturated heterocycles. The lowest BCUT2D eigenvalue weighted by molar-refractivity contribution is 0.0782. The Morgan fingerprint density at radius 1 is 1.22 bits per heavy atom. The lowest BCUT2D eigenvalue weighted by Gasteiger charge is -2.24.